The zero-order chi connectivity index (χ0) is 32.8. The Balaban J connectivity index is 1.20. The number of fused-ring (bicyclic) bond motifs is 1. The molecule has 0 radical (unpaired) electrons. The maximum absolute atomic E-state index is 13.9. The Bertz CT molecular complexity index is 1760. The van der Waals surface area contributed by atoms with Gasteiger partial charge < -0.3 is 35.1 Å². The van der Waals surface area contributed by atoms with Crippen LogP contribution in [0.4, 0.5) is 35.0 Å². The highest BCUT2D eigenvalue weighted by Gasteiger charge is 2.36. The molecule has 0 aliphatic carbocycles. The van der Waals surface area contributed by atoms with Gasteiger partial charge in [-0.15, -0.1) is 0 Å². The van der Waals surface area contributed by atoms with Crippen LogP contribution in [0.1, 0.15) is 18.4 Å². The Morgan fingerprint density at radius 3 is 2.35 bits per heavy atom. The zero-order valence-corrected chi connectivity index (χ0v) is 25.1. The first kappa shape index (κ1) is 31.9. The van der Waals surface area contributed by atoms with Crippen molar-refractivity contribution in [3.63, 3.8) is 0 Å². The van der Waals surface area contributed by atoms with Crippen molar-refractivity contribution >= 4 is 39.9 Å². The lowest BCUT2D eigenvalue weighted by atomic mass is 10.0. The van der Waals surface area contributed by atoms with E-state index in [4.69, 9.17) is 14.2 Å². The Hall–Kier alpha value is -5.46. The molecule has 10 nitrogen and oxygen atoms in total. The number of amides is 3. The quantitative estimate of drug-likeness (QED) is 0.170. The molecule has 3 aromatic carbocycles. The van der Waals surface area contributed by atoms with Gasteiger partial charge in [-0.05, 0) is 61.4 Å². The molecule has 0 spiro atoms. The minimum absolute atomic E-state index is 0.0170. The number of carbonyl (C=O) groups excluding carboxylic acids is 2. The monoisotopic (exact) mass is 635 g/mol. The van der Waals surface area contributed by atoms with Crippen LogP contribution in [0.3, 0.4) is 0 Å². The van der Waals surface area contributed by atoms with Gasteiger partial charge in [-0.25, -0.2) is 4.79 Å². The summed E-state index contributed by atoms with van der Waals surface area (Å²) in [5, 5.41) is 8.78. The number of nitrogens with one attached hydrogen (secondary N) is 3. The molecular formula is C33H32F3N5O5. The molecule has 13 heteroatoms. The van der Waals surface area contributed by atoms with E-state index in [-0.39, 0.29) is 17.4 Å². The van der Waals surface area contributed by atoms with Gasteiger partial charge in [0.15, 0.2) is 11.5 Å². The molecule has 0 saturated carbocycles. The third kappa shape index (κ3) is 7.42. The second kappa shape index (κ2) is 13.7. The van der Waals surface area contributed by atoms with Gasteiger partial charge in [-0.3, -0.25) is 9.78 Å². The van der Waals surface area contributed by atoms with Gasteiger partial charge in [0.2, 0.25) is 5.91 Å². The molecule has 1 aliphatic rings. The lowest BCUT2D eigenvalue weighted by Gasteiger charge is -2.35. The van der Waals surface area contributed by atoms with Crippen LogP contribution in [0.5, 0.6) is 23.0 Å². The van der Waals surface area contributed by atoms with E-state index in [2.05, 4.69) is 27.5 Å². The molecule has 1 saturated heterocycles. The van der Waals surface area contributed by atoms with Crippen molar-refractivity contribution in [2.24, 2.45) is 0 Å². The van der Waals surface area contributed by atoms with Crippen molar-refractivity contribution in [2.75, 3.05) is 42.8 Å². The lowest BCUT2D eigenvalue weighted by molar-refractivity contribution is -0.137. The molecule has 46 heavy (non-hydrogen) atoms. The average Bonchev–Trinajstić information content (AvgIpc) is 3.04. The average molecular weight is 636 g/mol. The van der Waals surface area contributed by atoms with Crippen molar-refractivity contribution in [1.29, 1.82) is 0 Å². The first-order valence-corrected chi connectivity index (χ1v) is 14.3. The molecule has 1 fully saturated rings. The maximum atomic E-state index is 13.9. The molecule has 2 heterocycles. The first-order valence-electron chi connectivity index (χ1n) is 14.3. The number of aromatic nitrogens is 1. The summed E-state index contributed by atoms with van der Waals surface area (Å²) in [6.07, 6.45) is -1.15. The van der Waals surface area contributed by atoms with Crippen molar-refractivity contribution in [1.82, 2.24) is 10.3 Å². The highest BCUT2D eigenvalue weighted by atomic mass is 19.4. The van der Waals surface area contributed by atoms with Crippen LogP contribution < -0.4 is 35.1 Å². The van der Waals surface area contributed by atoms with E-state index >= 15 is 0 Å². The molecule has 0 unspecified atom stereocenters. The third-order valence-electron chi connectivity index (χ3n) is 7.45. The zero-order valence-electron chi connectivity index (χ0n) is 25.1. The van der Waals surface area contributed by atoms with Crippen LogP contribution in [0.15, 0.2) is 79.5 Å². The summed E-state index contributed by atoms with van der Waals surface area (Å²) < 4.78 is 58.6. The Labute approximate surface area is 263 Å². The van der Waals surface area contributed by atoms with E-state index in [9.17, 15) is 22.8 Å². The summed E-state index contributed by atoms with van der Waals surface area (Å²) >= 11 is 0. The molecule has 3 amide bonds. The van der Waals surface area contributed by atoms with Gasteiger partial charge in [0.05, 0.1) is 25.3 Å². The van der Waals surface area contributed by atoms with Gasteiger partial charge in [-0.2, -0.15) is 13.2 Å². The normalized spacial score (nSPS) is 13.5. The predicted octanol–water partition coefficient (Wildman–Crippen LogP) is 6.98. The molecule has 0 bridgehead atoms. The molecule has 5 rings (SSSR count). The van der Waals surface area contributed by atoms with Crippen molar-refractivity contribution in [3.05, 3.63) is 85.1 Å². The fraction of sp³-hybridized carbons (Fsp3) is 0.242. The van der Waals surface area contributed by atoms with Crippen molar-refractivity contribution < 1.29 is 37.0 Å². The number of halogens is 3. The van der Waals surface area contributed by atoms with Crippen LogP contribution in [-0.4, -0.2) is 50.3 Å². The summed E-state index contributed by atoms with van der Waals surface area (Å²) in [6.45, 7) is 3.91. The number of benzene rings is 3. The van der Waals surface area contributed by atoms with E-state index in [0.29, 0.717) is 65.5 Å². The predicted molar refractivity (Wildman–Crippen MR) is 169 cm³/mol. The topological polar surface area (TPSA) is 114 Å². The third-order valence-corrected chi connectivity index (χ3v) is 7.45. The summed E-state index contributed by atoms with van der Waals surface area (Å²) in [4.78, 5) is 30.4. The lowest BCUT2D eigenvalue weighted by Crippen LogP contribution is -2.46. The summed E-state index contributed by atoms with van der Waals surface area (Å²) in [5.74, 6) is 1.47. The van der Waals surface area contributed by atoms with Gasteiger partial charge in [0.25, 0.3) is 0 Å². The molecule has 3 N–H and O–H groups in total. The minimum atomic E-state index is -4.62. The van der Waals surface area contributed by atoms with Crippen LogP contribution in [0.2, 0.25) is 0 Å². The number of hydrogen-bond acceptors (Lipinski definition) is 7. The molecule has 240 valence electrons. The summed E-state index contributed by atoms with van der Waals surface area (Å²) in [7, 11) is 3.09. The molecule has 0 atom stereocenters. The number of urea groups is 1. The second-order valence-corrected chi connectivity index (χ2v) is 10.4. The SMILES string of the molecule is C=CC(=O)Nc1ccc(N2CCC(NC(=O)Nc3cccc(Oc4ccnc5cc(OC)c(OC)cc45)c3)CC2)c(C(F)(F)F)c1. The van der Waals surface area contributed by atoms with Gasteiger partial charge in [-0.1, -0.05) is 12.6 Å². The minimum Gasteiger partial charge on any atom is -0.493 e. The molecule has 1 aromatic heterocycles. The highest BCUT2D eigenvalue weighted by molar-refractivity contribution is 5.99. The molecule has 1 aliphatic heterocycles. The smallest absolute Gasteiger partial charge is 0.418 e. The second-order valence-electron chi connectivity index (χ2n) is 10.4. The number of rotatable bonds is 9. The number of hydrogen-bond donors (Lipinski definition) is 3. The number of anilines is 3. The number of carbonyl (C=O) groups is 2. The van der Waals surface area contributed by atoms with Crippen LogP contribution in [0.25, 0.3) is 10.9 Å². The van der Waals surface area contributed by atoms with Crippen LogP contribution in [-0.2, 0) is 11.0 Å². The van der Waals surface area contributed by atoms with Crippen LogP contribution in [0, 0.1) is 0 Å². The summed E-state index contributed by atoms with van der Waals surface area (Å²) in [5.41, 5.74) is 0.336. The molecule has 4 aromatic rings. The van der Waals surface area contributed by atoms with Crippen LogP contribution >= 0.6 is 0 Å². The number of ether oxygens (including phenoxy) is 3. The standard InChI is InChI=1S/C33H32F3N5O5/c1-4-31(42)38-22-8-9-27(25(17-22)33(34,35)36)41-14-11-20(12-15-41)39-32(43)40-21-6-5-7-23(16-21)46-28-10-13-37-26-19-30(45-3)29(44-2)18-24(26)28/h4-10,13,16-20H,1,11-12,14-15H2,2-3H3,(H,38,42)(H2,39,40,43). The fourth-order valence-corrected chi connectivity index (χ4v) is 5.23. The van der Waals surface area contributed by atoms with E-state index in [1.54, 1.807) is 67.8 Å². The Kier molecular flexibility index (Phi) is 9.50. The largest absolute Gasteiger partial charge is 0.493 e. The Morgan fingerprint density at radius 2 is 1.65 bits per heavy atom. The maximum Gasteiger partial charge on any atom is 0.418 e. The highest BCUT2D eigenvalue weighted by Crippen LogP contribution is 2.40. The number of piperidine rings is 1. The van der Waals surface area contributed by atoms with E-state index in [0.717, 1.165) is 12.1 Å². The first-order chi connectivity index (χ1) is 22.1. The number of methoxy groups -OCH3 is 2. The fourth-order valence-electron chi connectivity index (χ4n) is 5.23. The van der Waals surface area contributed by atoms with E-state index in [1.807, 2.05) is 0 Å². The molecular weight excluding hydrogens is 603 g/mol. The van der Waals surface area contributed by atoms with Crippen molar-refractivity contribution in [3.8, 4) is 23.0 Å². The number of alkyl halides is 3. The van der Waals surface area contributed by atoms with Gasteiger partial charge in [0, 0.05) is 59.9 Å². The Morgan fingerprint density at radius 1 is 0.935 bits per heavy atom. The number of nitrogens with zero attached hydrogens (tertiary/aromatic N) is 2. The van der Waals surface area contributed by atoms with Gasteiger partial charge in [0.1, 0.15) is 11.5 Å². The van der Waals surface area contributed by atoms with E-state index < -0.39 is 23.7 Å². The summed E-state index contributed by atoms with van der Waals surface area (Å²) in [6, 6.07) is 15.1. The number of pyridine rings is 1. The van der Waals surface area contributed by atoms with Gasteiger partial charge >= 0.3 is 12.2 Å². The van der Waals surface area contributed by atoms with Crippen molar-refractivity contribution in [2.45, 2.75) is 25.1 Å². The van der Waals surface area contributed by atoms with E-state index in [1.165, 1.54) is 12.1 Å².